The summed E-state index contributed by atoms with van der Waals surface area (Å²) in [5, 5.41) is 3.91. The Hall–Kier alpha value is -2.91. The van der Waals surface area contributed by atoms with Crippen LogP contribution in [0.3, 0.4) is 0 Å². The molecule has 0 saturated heterocycles. The van der Waals surface area contributed by atoms with Gasteiger partial charge in [0, 0.05) is 26.5 Å². The highest BCUT2D eigenvalue weighted by molar-refractivity contribution is 7.88. The molecule has 1 aromatic carbocycles. The molecule has 0 aliphatic heterocycles. The van der Waals surface area contributed by atoms with Gasteiger partial charge in [-0.1, -0.05) is 0 Å². The number of aromatic nitrogens is 2. The molecule has 3 rings (SSSR count). The van der Waals surface area contributed by atoms with Gasteiger partial charge in [-0.2, -0.15) is 5.10 Å². The summed E-state index contributed by atoms with van der Waals surface area (Å²) in [6.07, 6.45) is 3.46. The molecule has 0 saturated carbocycles. The van der Waals surface area contributed by atoms with Crippen molar-refractivity contribution in [2.75, 3.05) is 14.1 Å². The number of hydrogen-bond acceptors (Lipinski definition) is 6. The first kappa shape index (κ1) is 17.9. The van der Waals surface area contributed by atoms with Crippen molar-refractivity contribution in [1.29, 1.82) is 0 Å². The van der Waals surface area contributed by atoms with E-state index in [1.165, 1.54) is 26.2 Å². The fourth-order valence-corrected chi connectivity index (χ4v) is 2.96. The summed E-state index contributed by atoms with van der Waals surface area (Å²) in [6.45, 7) is -0.164. The van der Waals surface area contributed by atoms with Gasteiger partial charge in [0.1, 0.15) is 12.4 Å². The summed E-state index contributed by atoms with van der Waals surface area (Å²) >= 11 is 0. The number of sulfonamides is 1. The van der Waals surface area contributed by atoms with Crippen molar-refractivity contribution < 1.29 is 22.4 Å². The Bertz CT molecular complexity index is 989. The third-order valence-corrected chi connectivity index (χ3v) is 5.28. The highest BCUT2D eigenvalue weighted by Crippen LogP contribution is 2.18. The van der Waals surface area contributed by atoms with Gasteiger partial charge in [-0.15, -0.1) is 0 Å². The monoisotopic (exact) mass is 375 g/mol. The average Bonchev–Trinajstić information content (AvgIpc) is 3.31. The Morgan fingerprint density at radius 3 is 2.54 bits per heavy atom. The van der Waals surface area contributed by atoms with E-state index in [2.05, 4.69) is 5.10 Å². The Balaban J connectivity index is 1.63. The van der Waals surface area contributed by atoms with Gasteiger partial charge in [0.15, 0.2) is 0 Å². The van der Waals surface area contributed by atoms with Crippen molar-refractivity contribution in [3.8, 4) is 5.69 Å². The molecule has 0 aliphatic rings. The number of esters is 1. The molecule has 0 fully saturated rings. The maximum atomic E-state index is 12.1. The zero-order valence-corrected chi connectivity index (χ0v) is 15.0. The van der Waals surface area contributed by atoms with Gasteiger partial charge in [-0.3, -0.25) is 0 Å². The maximum Gasteiger partial charge on any atom is 0.338 e. The number of carbonyl (C=O) groups is 1. The smallest absolute Gasteiger partial charge is 0.338 e. The number of furan rings is 1. The van der Waals surface area contributed by atoms with Crippen molar-refractivity contribution in [2.45, 2.75) is 11.7 Å². The molecule has 0 aliphatic carbocycles. The van der Waals surface area contributed by atoms with E-state index in [4.69, 9.17) is 9.15 Å². The zero-order chi connectivity index (χ0) is 18.7. The average molecular weight is 375 g/mol. The molecule has 136 valence electrons. The lowest BCUT2D eigenvalue weighted by atomic mass is 10.2. The molecule has 2 aromatic heterocycles. The lowest BCUT2D eigenvalue weighted by molar-refractivity contribution is 0.0440. The van der Waals surface area contributed by atoms with Crippen LogP contribution in [-0.2, 0) is 21.4 Å². The molecule has 0 atom stereocenters. The van der Waals surface area contributed by atoms with E-state index in [9.17, 15) is 13.2 Å². The fourth-order valence-electron chi connectivity index (χ4n) is 2.15. The van der Waals surface area contributed by atoms with Crippen molar-refractivity contribution in [2.24, 2.45) is 0 Å². The third kappa shape index (κ3) is 3.68. The lowest BCUT2D eigenvalue weighted by Gasteiger charge is -2.08. The van der Waals surface area contributed by atoms with Gasteiger partial charge in [0.25, 0.3) is 10.0 Å². The van der Waals surface area contributed by atoms with E-state index >= 15 is 0 Å². The van der Waals surface area contributed by atoms with Crippen LogP contribution in [0.4, 0.5) is 0 Å². The van der Waals surface area contributed by atoms with Crippen LogP contribution in [0.2, 0.25) is 0 Å². The molecule has 0 unspecified atom stereocenters. The molecule has 0 radical (unpaired) electrons. The molecule has 3 aromatic rings. The van der Waals surface area contributed by atoms with Crippen LogP contribution in [0.25, 0.3) is 5.69 Å². The van der Waals surface area contributed by atoms with Crippen LogP contribution in [0.1, 0.15) is 16.1 Å². The topological polar surface area (TPSA) is 94.6 Å². The standard InChI is InChI=1S/C17H17N3O5S/c1-19(2)26(22,23)16-9-8-15(25-16)12-24-17(21)13-4-6-14(7-5-13)20-11-3-10-18-20/h3-11H,12H2,1-2H3. The summed E-state index contributed by atoms with van der Waals surface area (Å²) in [6, 6.07) is 11.3. The highest BCUT2D eigenvalue weighted by Gasteiger charge is 2.21. The van der Waals surface area contributed by atoms with E-state index in [1.807, 2.05) is 0 Å². The van der Waals surface area contributed by atoms with Gasteiger partial charge in [0.05, 0.1) is 11.3 Å². The molecular formula is C17H17N3O5S. The SMILES string of the molecule is CN(C)S(=O)(=O)c1ccc(COC(=O)c2ccc(-n3cccn3)cc2)o1. The normalized spacial score (nSPS) is 11.7. The number of rotatable bonds is 6. The van der Waals surface area contributed by atoms with Crippen LogP contribution in [-0.4, -0.2) is 42.6 Å². The number of hydrogen-bond donors (Lipinski definition) is 0. The molecule has 2 heterocycles. The van der Waals surface area contributed by atoms with Gasteiger partial charge in [0.2, 0.25) is 5.09 Å². The summed E-state index contributed by atoms with van der Waals surface area (Å²) in [4.78, 5) is 12.1. The molecule has 0 spiro atoms. The van der Waals surface area contributed by atoms with E-state index < -0.39 is 16.0 Å². The second kappa shape index (κ2) is 7.14. The highest BCUT2D eigenvalue weighted by atomic mass is 32.2. The number of benzene rings is 1. The lowest BCUT2D eigenvalue weighted by Crippen LogP contribution is -2.21. The van der Waals surface area contributed by atoms with Crippen LogP contribution in [0.5, 0.6) is 0 Å². The molecule has 0 bridgehead atoms. The molecule has 0 N–H and O–H groups in total. The minimum absolute atomic E-state index is 0.164. The minimum Gasteiger partial charge on any atom is -0.454 e. The van der Waals surface area contributed by atoms with E-state index in [1.54, 1.807) is 47.4 Å². The van der Waals surface area contributed by atoms with Gasteiger partial charge in [-0.25, -0.2) is 22.2 Å². The van der Waals surface area contributed by atoms with Crippen LogP contribution in [0.15, 0.2) is 64.4 Å². The summed E-state index contributed by atoms with van der Waals surface area (Å²) in [7, 11) is -0.841. The largest absolute Gasteiger partial charge is 0.454 e. The molecule has 0 amide bonds. The fraction of sp³-hybridized carbons (Fsp3) is 0.176. The number of carbonyl (C=O) groups excluding carboxylic acids is 1. The Kier molecular flexibility index (Phi) is 4.92. The van der Waals surface area contributed by atoms with Crippen LogP contribution >= 0.6 is 0 Å². The van der Waals surface area contributed by atoms with Crippen molar-refractivity contribution in [3.63, 3.8) is 0 Å². The van der Waals surface area contributed by atoms with E-state index in [0.29, 0.717) is 5.56 Å². The first-order valence-electron chi connectivity index (χ1n) is 7.66. The Morgan fingerprint density at radius 2 is 1.92 bits per heavy atom. The number of nitrogens with zero attached hydrogens (tertiary/aromatic N) is 3. The first-order valence-corrected chi connectivity index (χ1v) is 9.10. The van der Waals surface area contributed by atoms with Crippen LogP contribution < -0.4 is 0 Å². The third-order valence-electron chi connectivity index (χ3n) is 3.59. The number of ether oxygens (including phenoxy) is 1. The van der Waals surface area contributed by atoms with Crippen LogP contribution in [0, 0.1) is 0 Å². The Labute approximate surface area is 150 Å². The Morgan fingerprint density at radius 1 is 1.19 bits per heavy atom. The quantitative estimate of drug-likeness (QED) is 0.612. The summed E-state index contributed by atoms with van der Waals surface area (Å²) in [5.74, 6) is -0.294. The second-order valence-electron chi connectivity index (χ2n) is 5.58. The molecule has 9 heteroatoms. The van der Waals surface area contributed by atoms with Crippen molar-refractivity contribution >= 4 is 16.0 Å². The summed E-state index contributed by atoms with van der Waals surface area (Å²) < 4.78 is 37.0. The minimum atomic E-state index is -3.66. The second-order valence-corrected chi connectivity index (χ2v) is 7.66. The predicted octanol–water partition coefficient (Wildman–Crippen LogP) is 2.07. The predicted molar refractivity (Wildman–Crippen MR) is 92.3 cm³/mol. The zero-order valence-electron chi connectivity index (χ0n) is 14.2. The molecule has 8 nitrogen and oxygen atoms in total. The van der Waals surface area contributed by atoms with E-state index in [-0.39, 0.29) is 17.5 Å². The van der Waals surface area contributed by atoms with Gasteiger partial charge in [-0.05, 0) is 42.5 Å². The first-order chi connectivity index (χ1) is 12.4. The van der Waals surface area contributed by atoms with Gasteiger partial charge < -0.3 is 9.15 Å². The summed E-state index contributed by atoms with van der Waals surface area (Å²) in [5.41, 5.74) is 1.18. The maximum absolute atomic E-state index is 12.1. The van der Waals surface area contributed by atoms with Crippen molar-refractivity contribution in [3.05, 3.63) is 66.2 Å². The van der Waals surface area contributed by atoms with E-state index in [0.717, 1.165) is 9.99 Å². The van der Waals surface area contributed by atoms with Crippen molar-refractivity contribution in [1.82, 2.24) is 14.1 Å². The molecule has 26 heavy (non-hydrogen) atoms. The van der Waals surface area contributed by atoms with Gasteiger partial charge >= 0.3 is 5.97 Å². The molecular weight excluding hydrogens is 358 g/mol.